The van der Waals surface area contributed by atoms with Crippen LogP contribution in [0.1, 0.15) is 17.9 Å². The summed E-state index contributed by atoms with van der Waals surface area (Å²) in [5, 5.41) is 12.7. The van der Waals surface area contributed by atoms with Gasteiger partial charge in [-0.3, -0.25) is 25.0 Å². The molecule has 1 fully saturated rings. The van der Waals surface area contributed by atoms with Gasteiger partial charge in [0.1, 0.15) is 5.82 Å². The Hall–Kier alpha value is -2.02. The number of hydrogen-bond donors (Lipinski definition) is 1. The Morgan fingerprint density at radius 3 is 2.61 bits per heavy atom. The smallest absolute Gasteiger partial charge is 0.277 e. The van der Waals surface area contributed by atoms with Gasteiger partial charge in [0.05, 0.1) is 21.4 Å². The molecule has 94 valence electrons. The van der Waals surface area contributed by atoms with Crippen LogP contribution in [0.25, 0.3) is 0 Å². The van der Waals surface area contributed by atoms with E-state index in [0.717, 1.165) is 12.1 Å². The number of imide groups is 1. The van der Waals surface area contributed by atoms with E-state index in [1.165, 1.54) is 0 Å². The molecule has 6 nitrogen and oxygen atoms in total. The fourth-order valence-electron chi connectivity index (χ4n) is 1.85. The van der Waals surface area contributed by atoms with Gasteiger partial charge in [-0.25, -0.2) is 4.39 Å². The van der Waals surface area contributed by atoms with Gasteiger partial charge in [-0.2, -0.15) is 0 Å². The Labute approximate surface area is 105 Å². The van der Waals surface area contributed by atoms with E-state index < -0.39 is 39.7 Å². The molecule has 0 radical (unpaired) electrons. The number of carbonyl (C=O) groups excluding carboxylic acids is 2. The molecular formula is C10H6ClFN2O4. The normalized spacial score (nSPS) is 18.9. The summed E-state index contributed by atoms with van der Waals surface area (Å²) in [6.45, 7) is 0. The quantitative estimate of drug-likeness (QED) is 0.502. The van der Waals surface area contributed by atoms with Crippen molar-refractivity contribution in [1.82, 2.24) is 5.32 Å². The Kier molecular flexibility index (Phi) is 3.00. The van der Waals surface area contributed by atoms with Gasteiger partial charge in [-0.05, 0) is 6.07 Å². The highest BCUT2D eigenvalue weighted by Gasteiger charge is 2.38. The average Bonchev–Trinajstić information content (AvgIpc) is 2.56. The molecule has 0 aromatic heterocycles. The Bertz CT molecular complexity index is 575. The van der Waals surface area contributed by atoms with Crippen LogP contribution in [-0.2, 0) is 9.59 Å². The molecule has 18 heavy (non-hydrogen) atoms. The van der Waals surface area contributed by atoms with Gasteiger partial charge in [0.15, 0.2) is 0 Å². The maximum atomic E-state index is 13.7. The van der Waals surface area contributed by atoms with E-state index in [1.54, 1.807) is 0 Å². The number of rotatable bonds is 2. The highest BCUT2D eigenvalue weighted by atomic mass is 35.5. The number of benzene rings is 1. The first-order valence-electron chi connectivity index (χ1n) is 4.87. The molecule has 1 aromatic rings. The number of nitro benzene ring substituents is 1. The highest BCUT2D eigenvalue weighted by molar-refractivity contribution is 6.30. The summed E-state index contributed by atoms with van der Waals surface area (Å²) in [5.41, 5.74) is -1.01. The molecule has 1 aromatic carbocycles. The van der Waals surface area contributed by atoms with Crippen LogP contribution in [0, 0.1) is 15.9 Å². The third kappa shape index (κ3) is 2.04. The number of nitro groups is 1. The van der Waals surface area contributed by atoms with Crippen LogP contribution in [0.3, 0.4) is 0 Å². The molecule has 2 rings (SSSR count). The average molecular weight is 273 g/mol. The van der Waals surface area contributed by atoms with Gasteiger partial charge >= 0.3 is 0 Å². The first-order valence-corrected chi connectivity index (χ1v) is 5.25. The third-order valence-electron chi connectivity index (χ3n) is 2.59. The Morgan fingerprint density at radius 2 is 2.11 bits per heavy atom. The fourth-order valence-corrected chi connectivity index (χ4v) is 2.05. The SMILES string of the molecule is O=C1CC(c2c(F)cc(Cl)cc2[N+](=O)[O-])C(=O)N1. The predicted octanol–water partition coefficient (Wildman–Crippen LogP) is 1.52. The van der Waals surface area contributed by atoms with Crippen LogP contribution >= 0.6 is 11.6 Å². The van der Waals surface area contributed by atoms with Crippen molar-refractivity contribution in [3.05, 3.63) is 38.7 Å². The van der Waals surface area contributed by atoms with Gasteiger partial charge < -0.3 is 0 Å². The lowest BCUT2D eigenvalue weighted by Crippen LogP contribution is -2.22. The standard InChI is InChI=1S/C10H6ClFN2O4/c11-4-1-6(12)9(7(2-4)14(17)18)5-3-8(15)13-10(5)16/h1-2,5H,3H2,(H,13,15,16). The number of hydrogen-bond acceptors (Lipinski definition) is 4. The maximum Gasteiger partial charge on any atom is 0.277 e. The van der Waals surface area contributed by atoms with Gasteiger partial charge in [0.2, 0.25) is 11.8 Å². The van der Waals surface area contributed by atoms with Crippen LogP contribution in [0.2, 0.25) is 5.02 Å². The van der Waals surface area contributed by atoms with E-state index in [0.29, 0.717) is 0 Å². The second-order valence-corrected chi connectivity index (χ2v) is 4.18. The minimum absolute atomic E-state index is 0.146. The molecule has 1 heterocycles. The molecule has 1 aliphatic rings. The Morgan fingerprint density at radius 1 is 1.44 bits per heavy atom. The summed E-state index contributed by atoms with van der Waals surface area (Å²) in [7, 11) is 0. The molecule has 0 aliphatic carbocycles. The lowest BCUT2D eigenvalue weighted by Gasteiger charge is -2.08. The molecule has 0 spiro atoms. The van der Waals surface area contributed by atoms with Crippen LogP contribution in [0.4, 0.5) is 10.1 Å². The van der Waals surface area contributed by atoms with Crippen LogP contribution in [0.5, 0.6) is 0 Å². The van der Waals surface area contributed by atoms with Crippen molar-refractivity contribution in [3.8, 4) is 0 Å². The van der Waals surface area contributed by atoms with Gasteiger partial charge in [0, 0.05) is 12.5 Å². The first kappa shape index (κ1) is 12.4. The van der Waals surface area contributed by atoms with Crippen molar-refractivity contribution in [1.29, 1.82) is 0 Å². The molecule has 1 saturated heterocycles. The maximum absolute atomic E-state index is 13.7. The van der Waals surface area contributed by atoms with Crippen molar-refractivity contribution in [2.75, 3.05) is 0 Å². The van der Waals surface area contributed by atoms with Crippen LogP contribution in [0.15, 0.2) is 12.1 Å². The number of amides is 2. The molecule has 8 heteroatoms. The third-order valence-corrected chi connectivity index (χ3v) is 2.80. The number of nitrogens with zero attached hydrogens (tertiary/aromatic N) is 1. The molecule has 0 saturated carbocycles. The van der Waals surface area contributed by atoms with E-state index in [1.807, 2.05) is 5.32 Å². The monoisotopic (exact) mass is 272 g/mol. The zero-order valence-corrected chi connectivity index (χ0v) is 9.53. The number of halogens is 2. The lowest BCUT2D eigenvalue weighted by molar-refractivity contribution is -0.385. The fraction of sp³-hybridized carbons (Fsp3) is 0.200. The van der Waals surface area contributed by atoms with Gasteiger partial charge in [-0.1, -0.05) is 11.6 Å². The number of carbonyl (C=O) groups is 2. The predicted molar refractivity (Wildman–Crippen MR) is 58.6 cm³/mol. The van der Waals surface area contributed by atoms with Crippen LogP contribution in [-0.4, -0.2) is 16.7 Å². The lowest BCUT2D eigenvalue weighted by atomic mass is 9.95. The zero-order chi connectivity index (χ0) is 13.4. The summed E-state index contributed by atoms with van der Waals surface area (Å²) in [6, 6.07) is 1.83. The van der Waals surface area contributed by atoms with Crippen LogP contribution < -0.4 is 5.32 Å². The Balaban J connectivity index is 2.59. The molecule has 2 amide bonds. The molecule has 1 N–H and O–H groups in total. The second kappa shape index (κ2) is 4.34. The minimum atomic E-state index is -1.19. The van der Waals surface area contributed by atoms with Crippen molar-refractivity contribution >= 4 is 29.1 Å². The molecule has 1 atom stereocenters. The molecular weight excluding hydrogens is 267 g/mol. The second-order valence-electron chi connectivity index (χ2n) is 3.75. The minimum Gasteiger partial charge on any atom is -0.296 e. The molecule has 1 unspecified atom stereocenters. The summed E-state index contributed by atoms with van der Waals surface area (Å²) in [6.07, 6.45) is -0.307. The van der Waals surface area contributed by atoms with Crippen molar-refractivity contribution in [2.45, 2.75) is 12.3 Å². The summed E-state index contributed by atoms with van der Waals surface area (Å²) >= 11 is 5.53. The van der Waals surface area contributed by atoms with E-state index >= 15 is 0 Å². The topological polar surface area (TPSA) is 89.3 Å². The van der Waals surface area contributed by atoms with Crippen molar-refractivity contribution < 1.29 is 18.9 Å². The molecule has 1 aliphatic heterocycles. The zero-order valence-electron chi connectivity index (χ0n) is 8.78. The van der Waals surface area contributed by atoms with Gasteiger partial charge in [-0.15, -0.1) is 0 Å². The first-order chi connectivity index (χ1) is 8.40. The van der Waals surface area contributed by atoms with E-state index in [-0.39, 0.29) is 11.4 Å². The largest absolute Gasteiger partial charge is 0.296 e. The van der Waals surface area contributed by atoms with Crippen molar-refractivity contribution in [2.24, 2.45) is 0 Å². The van der Waals surface area contributed by atoms with E-state index in [9.17, 15) is 24.1 Å². The number of nitrogens with one attached hydrogen (secondary N) is 1. The van der Waals surface area contributed by atoms with Crippen molar-refractivity contribution in [3.63, 3.8) is 0 Å². The summed E-state index contributed by atoms with van der Waals surface area (Å²) in [5.74, 6) is -3.49. The van der Waals surface area contributed by atoms with E-state index in [2.05, 4.69) is 0 Å². The highest BCUT2D eigenvalue weighted by Crippen LogP contribution is 2.35. The van der Waals surface area contributed by atoms with E-state index in [4.69, 9.17) is 11.6 Å². The summed E-state index contributed by atoms with van der Waals surface area (Å²) in [4.78, 5) is 32.5. The molecule has 0 bridgehead atoms. The summed E-state index contributed by atoms with van der Waals surface area (Å²) < 4.78 is 13.7. The van der Waals surface area contributed by atoms with Gasteiger partial charge in [0.25, 0.3) is 5.69 Å².